The number of aliphatic hydroxyl groups excluding tert-OH is 1. The number of ether oxygens (including phenoxy) is 1. The van der Waals surface area contributed by atoms with Crippen LogP contribution < -0.4 is 5.73 Å². The van der Waals surface area contributed by atoms with Gasteiger partial charge in [-0.15, -0.1) is 0 Å². The van der Waals surface area contributed by atoms with E-state index in [1.54, 1.807) is 0 Å². The molecule has 112 valence electrons. The normalized spacial score (nSPS) is 20.6. The van der Waals surface area contributed by atoms with Gasteiger partial charge in [-0.3, -0.25) is 0 Å². The third-order valence-corrected chi connectivity index (χ3v) is 4.00. The van der Waals surface area contributed by atoms with Crippen LogP contribution in [0.3, 0.4) is 0 Å². The van der Waals surface area contributed by atoms with Crippen molar-refractivity contribution in [2.45, 2.75) is 25.1 Å². The predicted molar refractivity (Wildman–Crippen MR) is 67.9 cm³/mol. The first kappa shape index (κ1) is 15.3. The third-order valence-electron chi connectivity index (χ3n) is 4.00. The van der Waals surface area contributed by atoms with Gasteiger partial charge in [0.15, 0.2) is 0 Å². The Morgan fingerprint density at radius 3 is 2.50 bits per heavy atom. The molecule has 3 N–H and O–H groups in total. The number of alkyl halides is 3. The van der Waals surface area contributed by atoms with Crippen molar-refractivity contribution in [2.24, 2.45) is 11.1 Å². The third kappa shape index (κ3) is 2.97. The molecule has 1 aromatic rings. The maximum Gasteiger partial charge on any atom is 0.416 e. The lowest BCUT2D eigenvalue weighted by Gasteiger charge is -2.40. The molecule has 2 rings (SSSR count). The Hall–Kier alpha value is -1.11. The summed E-state index contributed by atoms with van der Waals surface area (Å²) in [5.41, 5.74) is 4.65. The van der Waals surface area contributed by atoms with Gasteiger partial charge < -0.3 is 15.6 Å². The van der Waals surface area contributed by atoms with Crippen LogP contribution in [0.1, 0.15) is 30.1 Å². The van der Waals surface area contributed by atoms with Crippen LogP contribution in [0, 0.1) is 5.41 Å². The summed E-state index contributed by atoms with van der Waals surface area (Å²) in [7, 11) is 0. The molecule has 1 heterocycles. The second-order valence-electron chi connectivity index (χ2n) is 5.20. The molecule has 0 aromatic heterocycles. The second kappa shape index (κ2) is 5.71. The van der Waals surface area contributed by atoms with E-state index in [9.17, 15) is 18.3 Å². The maximum absolute atomic E-state index is 12.7. The van der Waals surface area contributed by atoms with Crippen molar-refractivity contribution in [3.63, 3.8) is 0 Å². The maximum atomic E-state index is 12.7. The Balaban J connectivity index is 2.30. The lowest BCUT2D eigenvalue weighted by Crippen LogP contribution is -2.41. The molecule has 0 amide bonds. The van der Waals surface area contributed by atoms with Gasteiger partial charge in [0.1, 0.15) is 0 Å². The summed E-state index contributed by atoms with van der Waals surface area (Å²) in [5, 5.41) is 10.5. The first-order chi connectivity index (χ1) is 9.39. The highest BCUT2D eigenvalue weighted by atomic mass is 19.4. The molecule has 0 radical (unpaired) electrons. The van der Waals surface area contributed by atoms with Crippen LogP contribution in [0.25, 0.3) is 0 Å². The average Bonchev–Trinajstić information content (AvgIpc) is 2.46. The van der Waals surface area contributed by atoms with Gasteiger partial charge in [0, 0.05) is 25.2 Å². The first-order valence-corrected chi connectivity index (χ1v) is 6.52. The molecule has 1 aliphatic heterocycles. The monoisotopic (exact) mass is 289 g/mol. The van der Waals surface area contributed by atoms with Crippen LogP contribution in [-0.4, -0.2) is 24.9 Å². The van der Waals surface area contributed by atoms with E-state index in [1.165, 1.54) is 12.1 Å². The fraction of sp³-hybridized carbons (Fsp3) is 0.571. The highest BCUT2D eigenvalue weighted by molar-refractivity contribution is 5.28. The minimum atomic E-state index is -4.42. The highest BCUT2D eigenvalue weighted by Crippen LogP contribution is 2.42. The molecule has 1 unspecified atom stereocenters. The second-order valence-corrected chi connectivity index (χ2v) is 5.20. The molecule has 1 fully saturated rings. The van der Waals surface area contributed by atoms with Crippen molar-refractivity contribution in [3.8, 4) is 0 Å². The topological polar surface area (TPSA) is 55.5 Å². The van der Waals surface area contributed by atoms with E-state index in [0.29, 0.717) is 26.1 Å². The number of halogens is 3. The number of hydrogen-bond acceptors (Lipinski definition) is 3. The lowest BCUT2D eigenvalue weighted by molar-refractivity contribution is -0.137. The van der Waals surface area contributed by atoms with Crippen LogP contribution in [-0.2, 0) is 10.9 Å². The average molecular weight is 289 g/mol. The van der Waals surface area contributed by atoms with Gasteiger partial charge in [0.05, 0.1) is 11.7 Å². The fourth-order valence-corrected chi connectivity index (χ4v) is 2.61. The minimum Gasteiger partial charge on any atom is -0.388 e. The Labute approximate surface area is 115 Å². The summed E-state index contributed by atoms with van der Waals surface area (Å²) >= 11 is 0. The summed E-state index contributed by atoms with van der Waals surface area (Å²) in [6.45, 7) is 1.15. The molecule has 1 aromatic carbocycles. The smallest absolute Gasteiger partial charge is 0.388 e. The summed E-state index contributed by atoms with van der Waals surface area (Å²) in [4.78, 5) is 0. The van der Waals surface area contributed by atoms with Crippen molar-refractivity contribution < 1.29 is 23.0 Å². The predicted octanol–water partition coefficient (Wildman–Crippen LogP) is 2.49. The first-order valence-electron chi connectivity index (χ1n) is 6.52. The van der Waals surface area contributed by atoms with Gasteiger partial charge in [-0.1, -0.05) is 12.1 Å². The van der Waals surface area contributed by atoms with Crippen molar-refractivity contribution >= 4 is 0 Å². The van der Waals surface area contributed by atoms with E-state index in [4.69, 9.17) is 10.5 Å². The Kier molecular flexibility index (Phi) is 4.36. The van der Waals surface area contributed by atoms with Gasteiger partial charge in [0.2, 0.25) is 0 Å². The van der Waals surface area contributed by atoms with Crippen LogP contribution >= 0.6 is 0 Å². The minimum absolute atomic E-state index is 0.216. The van der Waals surface area contributed by atoms with Gasteiger partial charge in [-0.2, -0.15) is 13.2 Å². The number of hydrogen-bond donors (Lipinski definition) is 2. The standard InChI is InChI=1S/C14H18F3NO2/c15-14(16,17)11-3-1-2-10(8-11)12(19)13(9-18)4-6-20-7-5-13/h1-3,8,12,19H,4-7,9,18H2. The van der Waals surface area contributed by atoms with Crippen LogP contribution in [0.15, 0.2) is 24.3 Å². The summed E-state index contributed by atoms with van der Waals surface area (Å²) in [5.74, 6) is 0. The fourth-order valence-electron chi connectivity index (χ4n) is 2.61. The van der Waals surface area contributed by atoms with E-state index in [-0.39, 0.29) is 12.1 Å². The van der Waals surface area contributed by atoms with Crippen LogP contribution in [0.5, 0.6) is 0 Å². The summed E-state index contributed by atoms with van der Waals surface area (Å²) in [6.07, 6.45) is -4.35. The van der Waals surface area contributed by atoms with E-state index in [2.05, 4.69) is 0 Å². The van der Waals surface area contributed by atoms with Crippen molar-refractivity contribution in [1.29, 1.82) is 0 Å². The number of aliphatic hydroxyl groups is 1. The Bertz CT molecular complexity index is 456. The molecule has 3 nitrogen and oxygen atoms in total. The van der Waals surface area contributed by atoms with Crippen molar-refractivity contribution in [1.82, 2.24) is 0 Å². The van der Waals surface area contributed by atoms with E-state index >= 15 is 0 Å². The molecule has 0 aliphatic carbocycles. The largest absolute Gasteiger partial charge is 0.416 e. The molecule has 1 aliphatic rings. The molecular weight excluding hydrogens is 271 g/mol. The van der Waals surface area contributed by atoms with Crippen LogP contribution in [0.2, 0.25) is 0 Å². The van der Waals surface area contributed by atoms with Gasteiger partial charge >= 0.3 is 6.18 Å². The Morgan fingerprint density at radius 2 is 1.95 bits per heavy atom. The highest BCUT2D eigenvalue weighted by Gasteiger charge is 2.40. The van der Waals surface area contributed by atoms with Crippen molar-refractivity contribution in [3.05, 3.63) is 35.4 Å². The van der Waals surface area contributed by atoms with Gasteiger partial charge in [-0.25, -0.2) is 0 Å². The van der Waals surface area contributed by atoms with E-state index < -0.39 is 23.3 Å². The van der Waals surface area contributed by atoms with Crippen molar-refractivity contribution in [2.75, 3.05) is 19.8 Å². The van der Waals surface area contributed by atoms with Gasteiger partial charge in [-0.05, 0) is 30.5 Å². The van der Waals surface area contributed by atoms with E-state index in [1.807, 2.05) is 0 Å². The summed E-state index contributed by atoms with van der Waals surface area (Å²) < 4.78 is 43.4. The quantitative estimate of drug-likeness (QED) is 0.899. The zero-order valence-corrected chi connectivity index (χ0v) is 11.0. The SMILES string of the molecule is NCC1(C(O)c2cccc(C(F)(F)F)c2)CCOCC1. The summed E-state index contributed by atoms with van der Waals surface area (Å²) in [6, 6.07) is 4.81. The number of benzene rings is 1. The van der Waals surface area contributed by atoms with Crippen LogP contribution in [0.4, 0.5) is 13.2 Å². The number of nitrogens with two attached hydrogens (primary N) is 1. The van der Waals surface area contributed by atoms with Gasteiger partial charge in [0.25, 0.3) is 0 Å². The van der Waals surface area contributed by atoms with E-state index in [0.717, 1.165) is 12.1 Å². The zero-order chi connectivity index (χ0) is 14.8. The Morgan fingerprint density at radius 1 is 1.30 bits per heavy atom. The number of rotatable bonds is 3. The molecule has 0 saturated carbocycles. The molecule has 1 saturated heterocycles. The molecule has 20 heavy (non-hydrogen) atoms. The molecule has 6 heteroatoms. The zero-order valence-electron chi connectivity index (χ0n) is 11.0. The molecule has 1 atom stereocenters. The lowest BCUT2D eigenvalue weighted by atomic mass is 9.73. The molecule has 0 spiro atoms. The molecular formula is C14H18F3NO2. The molecule has 0 bridgehead atoms.